The van der Waals surface area contributed by atoms with Crippen molar-refractivity contribution in [2.45, 2.75) is 25.9 Å². The lowest BCUT2D eigenvalue weighted by Gasteiger charge is -2.33. The third kappa shape index (κ3) is 4.13. The first-order chi connectivity index (χ1) is 10.2. The largest absolute Gasteiger partial charge is 0.373 e. The SMILES string of the molecule is Cc1ccc(C2OCCCC2CNC2=NCCN2C)cc1.I. The number of halogens is 1. The maximum Gasteiger partial charge on any atom is 0.193 e. The van der Waals surface area contributed by atoms with Gasteiger partial charge in [0.05, 0.1) is 12.6 Å². The Labute approximate surface area is 150 Å². The molecule has 2 aliphatic heterocycles. The van der Waals surface area contributed by atoms with Crippen LogP contribution in [0.25, 0.3) is 0 Å². The number of likely N-dealkylation sites (N-methyl/N-ethyl adjacent to an activating group) is 1. The van der Waals surface area contributed by atoms with Crippen LogP contribution in [0.2, 0.25) is 0 Å². The minimum Gasteiger partial charge on any atom is -0.373 e. The molecule has 0 radical (unpaired) electrons. The molecule has 4 nitrogen and oxygen atoms in total. The summed E-state index contributed by atoms with van der Waals surface area (Å²) in [7, 11) is 2.09. The van der Waals surface area contributed by atoms with Crippen LogP contribution in [-0.2, 0) is 4.74 Å². The highest BCUT2D eigenvalue weighted by Gasteiger charge is 2.28. The second kappa shape index (κ2) is 8.15. The summed E-state index contributed by atoms with van der Waals surface area (Å²) in [4.78, 5) is 6.69. The Bertz CT molecular complexity index is 503. The van der Waals surface area contributed by atoms with Crippen LogP contribution in [0.4, 0.5) is 0 Å². The topological polar surface area (TPSA) is 36.9 Å². The molecule has 3 rings (SSSR count). The minimum absolute atomic E-state index is 0. The van der Waals surface area contributed by atoms with Crippen LogP contribution >= 0.6 is 24.0 Å². The van der Waals surface area contributed by atoms with Crippen molar-refractivity contribution in [1.29, 1.82) is 0 Å². The third-order valence-corrected chi connectivity index (χ3v) is 4.43. The van der Waals surface area contributed by atoms with E-state index in [4.69, 9.17) is 4.74 Å². The number of hydrogen-bond acceptors (Lipinski definition) is 4. The fourth-order valence-corrected chi connectivity index (χ4v) is 3.12. The van der Waals surface area contributed by atoms with Gasteiger partial charge in [-0.2, -0.15) is 0 Å². The Hall–Kier alpha value is -0.820. The van der Waals surface area contributed by atoms with Crippen LogP contribution in [0.5, 0.6) is 0 Å². The van der Waals surface area contributed by atoms with Crippen LogP contribution in [0.3, 0.4) is 0 Å². The number of nitrogens with zero attached hydrogens (tertiary/aromatic N) is 2. The molecule has 0 spiro atoms. The fourth-order valence-electron chi connectivity index (χ4n) is 3.12. The van der Waals surface area contributed by atoms with E-state index in [1.165, 1.54) is 17.5 Å². The quantitative estimate of drug-likeness (QED) is 0.772. The molecule has 1 N–H and O–H groups in total. The molecular formula is C17H26IN3O. The zero-order chi connectivity index (χ0) is 14.7. The average Bonchev–Trinajstić information content (AvgIpc) is 2.92. The molecule has 0 bridgehead atoms. The van der Waals surface area contributed by atoms with Gasteiger partial charge in [0.25, 0.3) is 0 Å². The first-order valence-corrected chi connectivity index (χ1v) is 7.91. The van der Waals surface area contributed by atoms with Crippen LogP contribution in [0.15, 0.2) is 29.3 Å². The van der Waals surface area contributed by atoms with Gasteiger partial charge in [0.2, 0.25) is 0 Å². The molecule has 1 aromatic rings. The van der Waals surface area contributed by atoms with Crippen LogP contribution in [0.1, 0.15) is 30.1 Å². The molecule has 0 saturated carbocycles. The van der Waals surface area contributed by atoms with Gasteiger partial charge in [0.1, 0.15) is 0 Å². The van der Waals surface area contributed by atoms with Crippen molar-refractivity contribution >= 4 is 29.9 Å². The Balaban J connectivity index is 0.00000176. The summed E-state index contributed by atoms with van der Waals surface area (Å²) in [5.41, 5.74) is 2.60. The normalized spacial score (nSPS) is 24.6. The van der Waals surface area contributed by atoms with E-state index in [-0.39, 0.29) is 30.1 Å². The number of guanidine groups is 1. The molecule has 0 aromatic heterocycles. The summed E-state index contributed by atoms with van der Waals surface area (Å²) >= 11 is 0. The van der Waals surface area contributed by atoms with E-state index >= 15 is 0 Å². The van der Waals surface area contributed by atoms with Gasteiger partial charge in [-0.15, -0.1) is 24.0 Å². The average molecular weight is 415 g/mol. The predicted molar refractivity (Wildman–Crippen MR) is 101 cm³/mol. The van der Waals surface area contributed by atoms with Crippen molar-refractivity contribution < 1.29 is 4.74 Å². The summed E-state index contributed by atoms with van der Waals surface area (Å²) in [6.07, 6.45) is 2.57. The molecule has 122 valence electrons. The Morgan fingerprint density at radius 2 is 2.09 bits per heavy atom. The highest BCUT2D eigenvalue weighted by Crippen LogP contribution is 2.33. The van der Waals surface area contributed by atoms with Gasteiger partial charge >= 0.3 is 0 Å². The van der Waals surface area contributed by atoms with Crippen LogP contribution in [0, 0.1) is 12.8 Å². The van der Waals surface area contributed by atoms with E-state index in [2.05, 4.69) is 53.4 Å². The number of nitrogens with one attached hydrogen (secondary N) is 1. The van der Waals surface area contributed by atoms with Crippen LogP contribution < -0.4 is 5.32 Å². The van der Waals surface area contributed by atoms with E-state index in [0.29, 0.717) is 5.92 Å². The monoisotopic (exact) mass is 415 g/mol. The molecule has 5 heteroatoms. The minimum atomic E-state index is 0. The summed E-state index contributed by atoms with van der Waals surface area (Å²) < 4.78 is 6.07. The standard InChI is InChI=1S/C17H25N3O.HI/c1-13-5-7-14(8-6-13)16-15(4-3-11-21-16)12-19-17-18-9-10-20(17)2;/h5-8,15-16H,3-4,9-12H2,1-2H3,(H,18,19);1H. The summed E-state index contributed by atoms with van der Waals surface area (Å²) in [5, 5.41) is 3.51. The zero-order valence-corrected chi connectivity index (χ0v) is 15.7. The molecule has 1 aromatic carbocycles. The number of hydrogen-bond donors (Lipinski definition) is 1. The number of benzene rings is 1. The Kier molecular flexibility index (Phi) is 6.50. The molecule has 1 fully saturated rings. The molecule has 22 heavy (non-hydrogen) atoms. The molecule has 0 aliphatic carbocycles. The predicted octanol–water partition coefficient (Wildman–Crippen LogP) is 2.97. The number of ether oxygens (including phenoxy) is 1. The van der Waals surface area contributed by atoms with Gasteiger partial charge < -0.3 is 15.0 Å². The molecule has 2 unspecified atom stereocenters. The molecule has 2 atom stereocenters. The first kappa shape index (κ1) is 17.5. The highest BCUT2D eigenvalue weighted by atomic mass is 127. The molecular weight excluding hydrogens is 389 g/mol. The zero-order valence-electron chi connectivity index (χ0n) is 13.4. The first-order valence-electron chi connectivity index (χ1n) is 7.91. The lowest BCUT2D eigenvalue weighted by Crippen LogP contribution is -2.40. The summed E-state index contributed by atoms with van der Waals surface area (Å²) in [6.45, 7) is 5.85. The van der Waals surface area contributed by atoms with Gasteiger partial charge in [-0.25, -0.2) is 0 Å². The maximum absolute atomic E-state index is 6.07. The van der Waals surface area contributed by atoms with E-state index < -0.39 is 0 Å². The van der Waals surface area contributed by atoms with E-state index in [1.807, 2.05) is 0 Å². The Morgan fingerprint density at radius 1 is 1.32 bits per heavy atom. The summed E-state index contributed by atoms with van der Waals surface area (Å²) in [6, 6.07) is 8.76. The smallest absolute Gasteiger partial charge is 0.193 e. The van der Waals surface area contributed by atoms with Crippen molar-refractivity contribution in [3.05, 3.63) is 35.4 Å². The molecule has 1 saturated heterocycles. The lowest BCUT2D eigenvalue weighted by atomic mass is 9.89. The Morgan fingerprint density at radius 3 is 2.77 bits per heavy atom. The molecule has 2 aliphatic rings. The second-order valence-corrected chi connectivity index (χ2v) is 6.11. The van der Waals surface area contributed by atoms with Crippen molar-refractivity contribution in [3.8, 4) is 0 Å². The maximum atomic E-state index is 6.07. The van der Waals surface area contributed by atoms with Gasteiger partial charge in [0, 0.05) is 32.7 Å². The highest BCUT2D eigenvalue weighted by molar-refractivity contribution is 14.0. The van der Waals surface area contributed by atoms with Gasteiger partial charge in [-0.05, 0) is 25.3 Å². The fraction of sp³-hybridized carbons (Fsp3) is 0.588. The number of aryl methyl sites for hydroxylation is 1. The van der Waals surface area contributed by atoms with Crippen molar-refractivity contribution in [3.63, 3.8) is 0 Å². The van der Waals surface area contributed by atoms with E-state index in [0.717, 1.165) is 38.6 Å². The van der Waals surface area contributed by atoms with Gasteiger partial charge in [0.15, 0.2) is 5.96 Å². The van der Waals surface area contributed by atoms with E-state index in [9.17, 15) is 0 Å². The third-order valence-electron chi connectivity index (χ3n) is 4.43. The van der Waals surface area contributed by atoms with Gasteiger partial charge in [-0.3, -0.25) is 4.99 Å². The second-order valence-electron chi connectivity index (χ2n) is 6.11. The van der Waals surface area contributed by atoms with Crippen molar-refractivity contribution in [2.24, 2.45) is 10.9 Å². The summed E-state index contributed by atoms with van der Waals surface area (Å²) in [5.74, 6) is 1.54. The number of rotatable bonds is 3. The van der Waals surface area contributed by atoms with Gasteiger partial charge in [-0.1, -0.05) is 29.8 Å². The van der Waals surface area contributed by atoms with Crippen molar-refractivity contribution in [1.82, 2.24) is 10.2 Å². The lowest BCUT2D eigenvalue weighted by molar-refractivity contribution is -0.0266. The molecule has 2 heterocycles. The molecule has 0 amide bonds. The van der Waals surface area contributed by atoms with Crippen molar-refractivity contribution in [2.75, 3.05) is 33.3 Å². The number of aliphatic imine (C=N–C) groups is 1. The van der Waals surface area contributed by atoms with E-state index in [1.54, 1.807) is 0 Å². The van der Waals surface area contributed by atoms with Crippen LogP contribution in [-0.4, -0.2) is 44.1 Å².